The van der Waals surface area contributed by atoms with Gasteiger partial charge in [-0.25, -0.2) is 0 Å². The topological polar surface area (TPSA) is 32.3 Å². The summed E-state index contributed by atoms with van der Waals surface area (Å²) < 4.78 is 0. The predicted molar refractivity (Wildman–Crippen MR) is 101 cm³/mol. The maximum atomic E-state index is 12.6. The Labute approximate surface area is 145 Å². The number of rotatable bonds is 7. The monoisotopic (exact) mass is 324 g/mol. The van der Waals surface area contributed by atoms with Crippen LogP contribution in [0.15, 0.2) is 48.5 Å². The van der Waals surface area contributed by atoms with Gasteiger partial charge in [-0.2, -0.15) is 0 Å². The Morgan fingerprint density at radius 2 is 1.79 bits per heavy atom. The maximum absolute atomic E-state index is 12.6. The molecule has 0 fully saturated rings. The second-order valence-corrected chi connectivity index (χ2v) is 6.60. The van der Waals surface area contributed by atoms with Crippen molar-refractivity contribution in [1.82, 2.24) is 4.90 Å². The molecule has 3 heteroatoms. The van der Waals surface area contributed by atoms with Crippen LogP contribution in [0.4, 0.5) is 5.69 Å². The van der Waals surface area contributed by atoms with Gasteiger partial charge in [-0.05, 0) is 44.9 Å². The van der Waals surface area contributed by atoms with Crippen molar-refractivity contribution in [1.29, 1.82) is 0 Å². The Bertz CT molecular complexity index is 665. The third-order valence-electron chi connectivity index (χ3n) is 4.18. The van der Waals surface area contributed by atoms with Crippen LogP contribution in [0.5, 0.6) is 0 Å². The van der Waals surface area contributed by atoms with Crippen LogP contribution in [-0.4, -0.2) is 23.4 Å². The van der Waals surface area contributed by atoms with Crippen LogP contribution in [0.1, 0.15) is 37.0 Å². The fraction of sp³-hybridized carbons (Fsp3) is 0.381. The smallest absolute Gasteiger partial charge is 0.224 e. The van der Waals surface area contributed by atoms with Gasteiger partial charge in [0.15, 0.2) is 0 Å². The molecule has 128 valence electrons. The summed E-state index contributed by atoms with van der Waals surface area (Å²) >= 11 is 0. The van der Waals surface area contributed by atoms with Gasteiger partial charge in [0.2, 0.25) is 5.91 Å². The van der Waals surface area contributed by atoms with Gasteiger partial charge >= 0.3 is 0 Å². The van der Waals surface area contributed by atoms with E-state index in [-0.39, 0.29) is 11.9 Å². The lowest BCUT2D eigenvalue weighted by molar-refractivity contribution is -0.133. The van der Waals surface area contributed by atoms with E-state index in [0.717, 1.165) is 5.69 Å². The standard InChI is InChI=1S/C21H28N2O/c1-16(2)23(15-19-8-6-5-7-9-19)21(24)12-13-22-20-11-10-17(3)14-18(20)4/h5-11,14,16,22H,12-13,15H2,1-4H3. The van der Waals surface area contributed by atoms with E-state index in [1.54, 1.807) is 0 Å². The molecule has 2 rings (SSSR count). The predicted octanol–water partition coefficient (Wildman–Crippen LogP) is 4.54. The first-order chi connectivity index (χ1) is 11.5. The number of anilines is 1. The minimum atomic E-state index is 0.186. The molecule has 1 N–H and O–H groups in total. The van der Waals surface area contributed by atoms with Gasteiger partial charge in [0.1, 0.15) is 0 Å². The molecule has 0 aliphatic heterocycles. The number of amides is 1. The minimum absolute atomic E-state index is 0.186. The highest BCUT2D eigenvalue weighted by Crippen LogP contribution is 2.16. The normalized spacial score (nSPS) is 10.7. The summed E-state index contributed by atoms with van der Waals surface area (Å²) in [4.78, 5) is 14.5. The Morgan fingerprint density at radius 3 is 2.42 bits per heavy atom. The number of nitrogens with one attached hydrogen (secondary N) is 1. The third-order valence-corrected chi connectivity index (χ3v) is 4.18. The highest BCUT2D eigenvalue weighted by molar-refractivity contribution is 5.77. The molecule has 0 aliphatic carbocycles. The molecule has 0 spiro atoms. The Kier molecular flexibility index (Phi) is 6.42. The Balaban J connectivity index is 1.91. The van der Waals surface area contributed by atoms with Gasteiger partial charge in [-0.1, -0.05) is 48.0 Å². The first kappa shape index (κ1) is 18.1. The molecule has 1 amide bonds. The van der Waals surface area contributed by atoms with E-state index in [9.17, 15) is 4.79 Å². The van der Waals surface area contributed by atoms with Crippen LogP contribution < -0.4 is 5.32 Å². The lowest BCUT2D eigenvalue weighted by Gasteiger charge is -2.27. The SMILES string of the molecule is Cc1ccc(NCCC(=O)N(Cc2ccccc2)C(C)C)c(C)c1. The summed E-state index contributed by atoms with van der Waals surface area (Å²) in [6.45, 7) is 9.63. The average molecular weight is 324 g/mol. The fourth-order valence-electron chi connectivity index (χ4n) is 2.80. The lowest BCUT2D eigenvalue weighted by Crippen LogP contribution is -2.37. The van der Waals surface area contributed by atoms with Gasteiger partial charge in [0, 0.05) is 31.2 Å². The molecule has 3 nitrogen and oxygen atoms in total. The average Bonchev–Trinajstić information content (AvgIpc) is 2.55. The van der Waals surface area contributed by atoms with Crippen LogP contribution in [0, 0.1) is 13.8 Å². The molecule has 0 unspecified atom stereocenters. The summed E-state index contributed by atoms with van der Waals surface area (Å²) in [6, 6.07) is 16.7. The molecule has 2 aromatic carbocycles. The molecular weight excluding hydrogens is 296 g/mol. The highest BCUT2D eigenvalue weighted by atomic mass is 16.2. The van der Waals surface area contributed by atoms with Crippen molar-refractivity contribution in [3.63, 3.8) is 0 Å². The van der Waals surface area contributed by atoms with Crippen LogP contribution >= 0.6 is 0 Å². The van der Waals surface area contributed by atoms with Crippen LogP contribution in [0.2, 0.25) is 0 Å². The number of hydrogen-bond donors (Lipinski definition) is 1. The molecule has 0 heterocycles. The molecule has 24 heavy (non-hydrogen) atoms. The van der Waals surface area contributed by atoms with E-state index in [2.05, 4.69) is 63.3 Å². The van der Waals surface area contributed by atoms with Gasteiger partial charge < -0.3 is 10.2 Å². The summed E-state index contributed by atoms with van der Waals surface area (Å²) in [5, 5.41) is 3.38. The summed E-state index contributed by atoms with van der Waals surface area (Å²) in [5.74, 6) is 0.186. The molecule has 0 radical (unpaired) electrons. The van der Waals surface area contributed by atoms with Crippen molar-refractivity contribution in [2.45, 2.75) is 46.7 Å². The van der Waals surface area contributed by atoms with Crippen molar-refractivity contribution in [2.24, 2.45) is 0 Å². The van der Waals surface area contributed by atoms with E-state index in [0.29, 0.717) is 19.5 Å². The highest BCUT2D eigenvalue weighted by Gasteiger charge is 2.16. The van der Waals surface area contributed by atoms with Gasteiger partial charge in [-0.3, -0.25) is 4.79 Å². The zero-order valence-corrected chi connectivity index (χ0v) is 15.2. The molecule has 0 saturated heterocycles. The van der Waals surface area contributed by atoms with Crippen molar-refractivity contribution in [3.05, 3.63) is 65.2 Å². The number of benzene rings is 2. The van der Waals surface area contributed by atoms with Gasteiger partial charge in [-0.15, -0.1) is 0 Å². The van der Waals surface area contributed by atoms with Gasteiger partial charge in [0.05, 0.1) is 0 Å². The number of aryl methyl sites for hydroxylation is 2. The van der Waals surface area contributed by atoms with E-state index in [1.807, 2.05) is 23.1 Å². The second kappa shape index (κ2) is 8.53. The van der Waals surface area contributed by atoms with E-state index in [1.165, 1.54) is 16.7 Å². The molecular formula is C21H28N2O. The minimum Gasteiger partial charge on any atom is -0.384 e. The quantitative estimate of drug-likeness (QED) is 0.811. The Hall–Kier alpha value is -2.29. The number of hydrogen-bond acceptors (Lipinski definition) is 2. The largest absolute Gasteiger partial charge is 0.384 e. The first-order valence-electron chi connectivity index (χ1n) is 8.62. The number of carbonyl (C=O) groups excluding carboxylic acids is 1. The summed E-state index contributed by atoms with van der Waals surface area (Å²) in [7, 11) is 0. The summed E-state index contributed by atoms with van der Waals surface area (Å²) in [5.41, 5.74) is 4.74. The molecule has 0 aromatic heterocycles. The molecule has 0 atom stereocenters. The number of nitrogens with zero attached hydrogens (tertiary/aromatic N) is 1. The maximum Gasteiger partial charge on any atom is 0.224 e. The van der Waals surface area contributed by atoms with Crippen LogP contribution in [0.3, 0.4) is 0 Å². The van der Waals surface area contributed by atoms with Crippen molar-refractivity contribution in [2.75, 3.05) is 11.9 Å². The first-order valence-corrected chi connectivity index (χ1v) is 8.62. The zero-order chi connectivity index (χ0) is 17.5. The van der Waals surface area contributed by atoms with E-state index >= 15 is 0 Å². The zero-order valence-electron chi connectivity index (χ0n) is 15.2. The molecule has 2 aromatic rings. The number of carbonyl (C=O) groups is 1. The van der Waals surface area contributed by atoms with Gasteiger partial charge in [0.25, 0.3) is 0 Å². The van der Waals surface area contributed by atoms with Crippen molar-refractivity contribution >= 4 is 11.6 Å². The van der Waals surface area contributed by atoms with Crippen LogP contribution in [0.25, 0.3) is 0 Å². The Morgan fingerprint density at radius 1 is 1.08 bits per heavy atom. The van der Waals surface area contributed by atoms with Crippen molar-refractivity contribution < 1.29 is 4.79 Å². The van der Waals surface area contributed by atoms with E-state index in [4.69, 9.17) is 0 Å². The van der Waals surface area contributed by atoms with Crippen LogP contribution in [-0.2, 0) is 11.3 Å². The lowest BCUT2D eigenvalue weighted by atomic mass is 10.1. The molecule has 0 saturated carbocycles. The second-order valence-electron chi connectivity index (χ2n) is 6.60. The molecule has 0 aliphatic rings. The third kappa shape index (κ3) is 5.12. The fourth-order valence-corrected chi connectivity index (χ4v) is 2.80. The summed E-state index contributed by atoms with van der Waals surface area (Å²) in [6.07, 6.45) is 0.498. The molecule has 0 bridgehead atoms. The van der Waals surface area contributed by atoms with E-state index < -0.39 is 0 Å². The van der Waals surface area contributed by atoms with Crippen molar-refractivity contribution in [3.8, 4) is 0 Å².